The molecule has 1 aliphatic rings. The molecule has 1 N–H and O–H groups in total. The van der Waals surface area contributed by atoms with E-state index >= 15 is 0 Å². The lowest BCUT2D eigenvalue weighted by atomic mass is 10.1. The Kier molecular flexibility index (Phi) is 2.80. The third kappa shape index (κ3) is 1.78. The van der Waals surface area contributed by atoms with E-state index < -0.39 is 0 Å². The first-order valence-electron chi connectivity index (χ1n) is 6.20. The molecule has 0 atom stereocenters. The van der Waals surface area contributed by atoms with Crippen molar-refractivity contribution >= 4 is 0 Å². The van der Waals surface area contributed by atoms with Crippen molar-refractivity contribution in [2.75, 3.05) is 13.7 Å². The second-order valence-electron chi connectivity index (χ2n) is 4.59. The maximum Gasteiger partial charge on any atom is 0.120 e. The van der Waals surface area contributed by atoms with Gasteiger partial charge in [0, 0.05) is 31.3 Å². The Labute approximate surface area is 107 Å². The van der Waals surface area contributed by atoms with Gasteiger partial charge in [0.2, 0.25) is 0 Å². The fourth-order valence-corrected chi connectivity index (χ4v) is 2.42. The van der Waals surface area contributed by atoms with Crippen molar-refractivity contribution in [1.82, 2.24) is 14.9 Å². The topological polar surface area (TPSA) is 39.1 Å². The van der Waals surface area contributed by atoms with Gasteiger partial charge >= 0.3 is 0 Å². The van der Waals surface area contributed by atoms with Gasteiger partial charge in [-0.25, -0.2) is 4.98 Å². The zero-order valence-electron chi connectivity index (χ0n) is 10.7. The number of aryl methyl sites for hydroxylation is 1. The molecule has 0 spiro atoms. The molecule has 4 nitrogen and oxygen atoms in total. The molecule has 2 aromatic rings. The predicted molar refractivity (Wildman–Crippen MR) is 70.3 cm³/mol. The van der Waals surface area contributed by atoms with Gasteiger partial charge < -0.3 is 14.6 Å². The molecule has 0 saturated heterocycles. The second-order valence-corrected chi connectivity index (χ2v) is 4.59. The van der Waals surface area contributed by atoms with Crippen LogP contribution in [0.15, 0.2) is 24.5 Å². The average molecular weight is 243 g/mol. The molecule has 0 amide bonds. The molecule has 2 heterocycles. The first-order chi connectivity index (χ1) is 8.79. The number of nitrogens with zero attached hydrogens (tertiary/aromatic N) is 2. The van der Waals surface area contributed by atoms with E-state index in [0.717, 1.165) is 36.6 Å². The Morgan fingerprint density at radius 3 is 3.11 bits per heavy atom. The fraction of sp³-hybridized carbons (Fsp3) is 0.357. The summed E-state index contributed by atoms with van der Waals surface area (Å²) in [6.45, 7) is 4.00. The molecule has 1 aliphatic heterocycles. The van der Waals surface area contributed by atoms with E-state index in [1.807, 2.05) is 12.4 Å². The first kappa shape index (κ1) is 11.3. The number of methoxy groups -OCH3 is 1. The molecule has 0 unspecified atom stereocenters. The van der Waals surface area contributed by atoms with Gasteiger partial charge in [-0.15, -0.1) is 0 Å². The number of hydrogen-bond donors (Lipinski definition) is 1. The zero-order valence-corrected chi connectivity index (χ0v) is 10.7. The van der Waals surface area contributed by atoms with Gasteiger partial charge in [-0.3, -0.25) is 0 Å². The van der Waals surface area contributed by atoms with Crippen LogP contribution in [0.25, 0.3) is 5.69 Å². The van der Waals surface area contributed by atoms with Crippen molar-refractivity contribution < 1.29 is 4.74 Å². The molecule has 0 fully saturated rings. The van der Waals surface area contributed by atoms with Crippen LogP contribution in [0, 0.1) is 6.92 Å². The highest BCUT2D eigenvalue weighted by Crippen LogP contribution is 2.24. The summed E-state index contributed by atoms with van der Waals surface area (Å²) in [6.07, 6.45) is 2.94. The van der Waals surface area contributed by atoms with Crippen molar-refractivity contribution in [1.29, 1.82) is 0 Å². The minimum Gasteiger partial charge on any atom is -0.497 e. The Hall–Kier alpha value is -1.81. The van der Waals surface area contributed by atoms with Crippen LogP contribution < -0.4 is 10.1 Å². The smallest absolute Gasteiger partial charge is 0.120 e. The Bertz CT molecular complexity index is 574. The summed E-state index contributed by atoms with van der Waals surface area (Å²) in [5.74, 6) is 0.881. The lowest BCUT2D eigenvalue weighted by Crippen LogP contribution is -2.24. The minimum absolute atomic E-state index is 0.866. The van der Waals surface area contributed by atoms with Gasteiger partial charge in [-0.1, -0.05) is 6.07 Å². The summed E-state index contributed by atoms with van der Waals surface area (Å²) < 4.78 is 7.49. The zero-order chi connectivity index (χ0) is 12.5. The van der Waals surface area contributed by atoms with E-state index in [2.05, 4.69) is 33.9 Å². The molecule has 0 radical (unpaired) electrons. The Morgan fingerprint density at radius 1 is 1.39 bits per heavy atom. The van der Waals surface area contributed by atoms with Gasteiger partial charge in [-0.05, 0) is 18.6 Å². The van der Waals surface area contributed by atoms with Crippen molar-refractivity contribution in [3.05, 3.63) is 41.5 Å². The summed E-state index contributed by atoms with van der Waals surface area (Å²) in [5, 5.41) is 3.34. The highest BCUT2D eigenvalue weighted by molar-refractivity contribution is 5.47. The second kappa shape index (κ2) is 4.46. The number of ether oxygens (including phenoxy) is 1. The van der Waals surface area contributed by atoms with Gasteiger partial charge in [0.15, 0.2) is 0 Å². The SMILES string of the molecule is COc1ccc(C)c(-n2cnc3c2CCNC3)c1. The monoisotopic (exact) mass is 243 g/mol. The minimum atomic E-state index is 0.866. The van der Waals surface area contributed by atoms with Crippen LogP contribution >= 0.6 is 0 Å². The van der Waals surface area contributed by atoms with Gasteiger partial charge in [0.1, 0.15) is 5.75 Å². The maximum absolute atomic E-state index is 5.31. The van der Waals surface area contributed by atoms with E-state index in [9.17, 15) is 0 Å². The van der Waals surface area contributed by atoms with Crippen LogP contribution in [0.1, 0.15) is 17.0 Å². The largest absolute Gasteiger partial charge is 0.497 e. The van der Waals surface area contributed by atoms with Crippen molar-refractivity contribution in [2.24, 2.45) is 0 Å². The number of rotatable bonds is 2. The molecule has 18 heavy (non-hydrogen) atoms. The average Bonchev–Trinajstić information content (AvgIpc) is 2.83. The van der Waals surface area contributed by atoms with Crippen LogP contribution in [0.2, 0.25) is 0 Å². The number of benzene rings is 1. The molecular weight excluding hydrogens is 226 g/mol. The van der Waals surface area contributed by atoms with Crippen LogP contribution in [0.5, 0.6) is 5.75 Å². The van der Waals surface area contributed by atoms with E-state index in [1.165, 1.54) is 11.3 Å². The van der Waals surface area contributed by atoms with Crippen LogP contribution in [0.3, 0.4) is 0 Å². The lowest BCUT2D eigenvalue weighted by molar-refractivity contribution is 0.414. The fourth-order valence-electron chi connectivity index (χ4n) is 2.42. The van der Waals surface area contributed by atoms with Gasteiger partial charge in [0.05, 0.1) is 24.8 Å². The van der Waals surface area contributed by atoms with E-state index in [4.69, 9.17) is 4.74 Å². The standard InChI is InChI=1S/C14H17N3O/c1-10-3-4-11(18-2)7-14(10)17-9-16-12-8-15-6-5-13(12)17/h3-4,7,9,15H,5-6,8H2,1-2H3. The van der Waals surface area contributed by atoms with Crippen molar-refractivity contribution in [3.63, 3.8) is 0 Å². The first-order valence-corrected chi connectivity index (χ1v) is 6.20. The number of hydrogen-bond acceptors (Lipinski definition) is 3. The molecule has 0 aliphatic carbocycles. The summed E-state index contributed by atoms with van der Waals surface area (Å²) >= 11 is 0. The molecular formula is C14H17N3O. The summed E-state index contributed by atoms with van der Waals surface area (Å²) in [7, 11) is 1.70. The van der Waals surface area contributed by atoms with E-state index in [0.29, 0.717) is 0 Å². The number of imidazole rings is 1. The highest BCUT2D eigenvalue weighted by Gasteiger charge is 2.16. The van der Waals surface area contributed by atoms with E-state index in [-0.39, 0.29) is 0 Å². The van der Waals surface area contributed by atoms with Crippen LogP contribution in [-0.2, 0) is 13.0 Å². The highest BCUT2D eigenvalue weighted by atomic mass is 16.5. The Balaban J connectivity index is 2.11. The van der Waals surface area contributed by atoms with Crippen LogP contribution in [-0.4, -0.2) is 23.2 Å². The third-order valence-corrected chi connectivity index (χ3v) is 3.46. The normalized spacial score (nSPS) is 14.3. The number of fused-ring (bicyclic) bond motifs is 1. The van der Waals surface area contributed by atoms with E-state index in [1.54, 1.807) is 7.11 Å². The van der Waals surface area contributed by atoms with Gasteiger partial charge in [-0.2, -0.15) is 0 Å². The molecule has 4 heteroatoms. The lowest BCUT2D eigenvalue weighted by Gasteiger charge is -2.17. The molecule has 0 bridgehead atoms. The summed E-state index contributed by atoms with van der Waals surface area (Å²) in [6, 6.07) is 6.14. The predicted octanol–water partition coefficient (Wildman–Crippen LogP) is 1.84. The molecule has 0 saturated carbocycles. The summed E-state index contributed by atoms with van der Waals surface area (Å²) in [4.78, 5) is 4.49. The molecule has 1 aromatic carbocycles. The molecule has 94 valence electrons. The summed E-state index contributed by atoms with van der Waals surface area (Å²) in [5.41, 5.74) is 4.85. The molecule has 1 aromatic heterocycles. The third-order valence-electron chi connectivity index (χ3n) is 3.46. The number of aromatic nitrogens is 2. The van der Waals surface area contributed by atoms with Crippen LogP contribution in [0.4, 0.5) is 0 Å². The quantitative estimate of drug-likeness (QED) is 0.874. The number of nitrogens with one attached hydrogen (secondary N) is 1. The van der Waals surface area contributed by atoms with Crippen molar-refractivity contribution in [2.45, 2.75) is 19.9 Å². The molecule has 3 rings (SSSR count). The Morgan fingerprint density at radius 2 is 2.28 bits per heavy atom. The maximum atomic E-state index is 5.31. The van der Waals surface area contributed by atoms with Crippen molar-refractivity contribution in [3.8, 4) is 11.4 Å². The van der Waals surface area contributed by atoms with Gasteiger partial charge in [0.25, 0.3) is 0 Å².